The van der Waals surface area contributed by atoms with Crippen LogP contribution in [-0.4, -0.2) is 16.8 Å². The molecule has 0 saturated carbocycles. The molecule has 2 aromatic rings. The van der Waals surface area contributed by atoms with E-state index in [1.807, 2.05) is 25.0 Å². The summed E-state index contributed by atoms with van der Waals surface area (Å²) >= 11 is 0. The number of nitrogens with one attached hydrogen (secondary N) is 1. The third-order valence-corrected chi connectivity index (χ3v) is 2.99. The lowest BCUT2D eigenvalue weighted by Gasteiger charge is -2.16. The summed E-state index contributed by atoms with van der Waals surface area (Å²) in [5, 5.41) is 7.57. The first-order valence-electron chi connectivity index (χ1n) is 5.90. The van der Waals surface area contributed by atoms with Crippen molar-refractivity contribution in [3.05, 3.63) is 53.3 Å². The van der Waals surface area contributed by atoms with Crippen molar-refractivity contribution in [2.24, 2.45) is 7.05 Å². The minimum atomic E-state index is 0.346. The van der Waals surface area contributed by atoms with Gasteiger partial charge in [0.15, 0.2) is 0 Å². The quantitative estimate of drug-likeness (QED) is 0.871. The van der Waals surface area contributed by atoms with E-state index >= 15 is 0 Å². The van der Waals surface area contributed by atoms with Gasteiger partial charge in [0.25, 0.3) is 0 Å². The van der Waals surface area contributed by atoms with Crippen LogP contribution < -0.4 is 5.32 Å². The lowest BCUT2D eigenvalue weighted by molar-refractivity contribution is 0.591. The number of nitrogens with zero attached hydrogens (tertiary/aromatic N) is 2. The van der Waals surface area contributed by atoms with E-state index in [1.165, 1.54) is 16.7 Å². The van der Waals surface area contributed by atoms with Gasteiger partial charge in [-0.1, -0.05) is 29.8 Å². The molecule has 3 heteroatoms. The van der Waals surface area contributed by atoms with Crippen LogP contribution >= 0.6 is 0 Å². The van der Waals surface area contributed by atoms with Crippen molar-refractivity contribution in [3.63, 3.8) is 0 Å². The van der Waals surface area contributed by atoms with E-state index in [0.717, 1.165) is 6.42 Å². The lowest BCUT2D eigenvalue weighted by atomic mass is 9.99. The molecule has 0 saturated heterocycles. The maximum Gasteiger partial charge on any atom is 0.0522 e. The molecule has 17 heavy (non-hydrogen) atoms. The number of hydrogen-bond donors (Lipinski definition) is 1. The van der Waals surface area contributed by atoms with E-state index < -0.39 is 0 Å². The second-order valence-electron chi connectivity index (χ2n) is 4.48. The molecule has 1 heterocycles. The highest BCUT2D eigenvalue weighted by molar-refractivity contribution is 5.26. The van der Waals surface area contributed by atoms with Crippen molar-refractivity contribution < 1.29 is 0 Å². The van der Waals surface area contributed by atoms with Crippen molar-refractivity contribution in [3.8, 4) is 0 Å². The lowest BCUT2D eigenvalue weighted by Crippen LogP contribution is -2.18. The molecule has 1 atom stereocenters. The second-order valence-corrected chi connectivity index (χ2v) is 4.48. The molecule has 0 spiro atoms. The Hall–Kier alpha value is -1.61. The van der Waals surface area contributed by atoms with Crippen LogP contribution in [0.4, 0.5) is 0 Å². The average Bonchev–Trinajstić information content (AvgIpc) is 2.72. The summed E-state index contributed by atoms with van der Waals surface area (Å²) < 4.78 is 1.85. The highest BCUT2D eigenvalue weighted by Crippen LogP contribution is 2.18. The topological polar surface area (TPSA) is 29.9 Å². The molecule has 0 bridgehead atoms. The Morgan fingerprint density at radius 3 is 2.82 bits per heavy atom. The highest BCUT2D eigenvalue weighted by atomic mass is 15.2. The molecule has 1 aromatic heterocycles. The normalized spacial score (nSPS) is 12.6. The summed E-state index contributed by atoms with van der Waals surface area (Å²) in [6.07, 6.45) is 4.97. The number of aromatic nitrogens is 2. The zero-order valence-corrected chi connectivity index (χ0v) is 10.6. The summed E-state index contributed by atoms with van der Waals surface area (Å²) in [6.45, 7) is 2.13. The van der Waals surface area contributed by atoms with Gasteiger partial charge in [0.1, 0.15) is 0 Å². The Morgan fingerprint density at radius 1 is 1.41 bits per heavy atom. The number of likely N-dealkylation sites (N-methyl/N-ethyl adjacent to an activating group) is 1. The average molecular weight is 229 g/mol. The third-order valence-electron chi connectivity index (χ3n) is 2.99. The summed E-state index contributed by atoms with van der Waals surface area (Å²) in [5.74, 6) is 0. The van der Waals surface area contributed by atoms with E-state index in [2.05, 4.69) is 47.8 Å². The van der Waals surface area contributed by atoms with Crippen molar-refractivity contribution in [1.82, 2.24) is 15.1 Å². The summed E-state index contributed by atoms with van der Waals surface area (Å²) in [4.78, 5) is 0. The Morgan fingerprint density at radius 2 is 2.24 bits per heavy atom. The molecule has 1 unspecified atom stereocenters. The molecule has 1 N–H and O–H groups in total. The van der Waals surface area contributed by atoms with Crippen molar-refractivity contribution in [2.45, 2.75) is 19.4 Å². The Balaban J connectivity index is 2.16. The number of benzene rings is 1. The van der Waals surface area contributed by atoms with Gasteiger partial charge >= 0.3 is 0 Å². The summed E-state index contributed by atoms with van der Waals surface area (Å²) in [6, 6.07) is 8.99. The van der Waals surface area contributed by atoms with Gasteiger partial charge in [-0.15, -0.1) is 0 Å². The van der Waals surface area contributed by atoms with Gasteiger partial charge < -0.3 is 5.32 Å². The molecule has 0 fully saturated rings. The van der Waals surface area contributed by atoms with Crippen LogP contribution in [0.15, 0.2) is 36.7 Å². The van der Waals surface area contributed by atoms with Gasteiger partial charge in [-0.05, 0) is 31.5 Å². The minimum Gasteiger partial charge on any atom is -0.313 e. The molecule has 3 nitrogen and oxygen atoms in total. The number of aryl methyl sites for hydroxylation is 2. The van der Waals surface area contributed by atoms with E-state index in [4.69, 9.17) is 0 Å². The van der Waals surface area contributed by atoms with Crippen LogP contribution in [0, 0.1) is 6.92 Å². The SMILES string of the molecule is CNC(Cc1cnn(C)c1)c1cccc(C)c1. The van der Waals surface area contributed by atoms with Gasteiger partial charge in [-0.2, -0.15) is 5.10 Å². The molecule has 90 valence electrons. The predicted molar refractivity (Wildman–Crippen MR) is 69.9 cm³/mol. The molecular weight excluding hydrogens is 210 g/mol. The van der Waals surface area contributed by atoms with Crippen molar-refractivity contribution in [1.29, 1.82) is 0 Å². The molecule has 1 aromatic carbocycles. The number of hydrogen-bond acceptors (Lipinski definition) is 2. The largest absolute Gasteiger partial charge is 0.313 e. The second kappa shape index (κ2) is 5.15. The molecule has 2 rings (SSSR count). The van der Waals surface area contributed by atoms with Gasteiger partial charge in [-0.3, -0.25) is 4.68 Å². The maximum atomic E-state index is 4.20. The molecule has 0 aliphatic heterocycles. The fourth-order valence-corrected chi connectivity index (χ4v) is 2.09. The fourth-order valence-electron chi connectivity index (χ4n) is 2.09. The predicted octanol–water partition coefficient (Wildman–Crippen LogP) is 2.23. The van der Waals surface area contributed by atoms with Gasteiger partial charge in [-0.25, -0.2) is 0 Å². The first-order valence-corrected chi connectivity index (χ1v) is 5.90. The molecular formula is C14H19N3. The van der Waals surface area contributed by atoms with E-state index in [9.17, 15) is 0 Å². The fraction of sp³-hybridized carbons (Fsp3) is 0.357. The Kier molecular flexibility index (Phi) is 3.59. The van der Waals surface area contributed by atoms with E-state index in [0.29, 0.717) is 6.04 Å². The van der Waals surface area contributed by atoms with E-state index in [1.54, 1.807) is 0 Å². The van der Waals surface area contributed by atoms with Gasteiger partial charge in [0.2, 0.25) is 0 Å². The first kappa shape index (κ1) is 11.9. The van der Waals surface area contributed by atoms with Crippen LogP contribution in [0.3, 0.4) is 0 Å². The number of rotatable bonds is 4. The molecule has 0 aliphatic carbocycles. The van der Waals surface area contributed by atoms with Crippen molar-refractivity contribution >= 4 is 0 Å². The smallest absolute Gasteiger partial charge is 0.0522 e. The Bertz CT molecular complexity index is 488. The van der Waals surface area contributed by atoms with Gasteiger partial charge in [0.05, 0.1) is 6.20 Å². The van der Waals surface area contributed by atoms with E-state index in [-0.39, 0.29) is 0 Å². The highest BCUT2D eigenvalue weighted by Gasteiger charge is 2.10. The summed E-state index contributed by atoms with van der Waals surface area (Å²) in [7, 11) is 3.95. The minimum absolute atomic E-state index is 0.346. The molecule has 0 aliphatic rings. The van der Waals surface area contributed by atoms with Crippen LogP contribution in [0.2, 0.25) is 0 Å². The van der Waals surface area contributed by atoms with Crippen LogP contribution in [-0.2, 0) is 13.5 Å². The maximum absolute atomic E-state index is 4.20. The zero-order chi connectivity index (χ0) is 12.3. The third kappa shape index (κ3) is 2.94. The van der Waals surface area contributed by atoms with Crippen molar-refractivity contribution in [2.75, 3.05) is 7.05 Å². The zero-order valence-electron chi connectivity index (χ0n) is 10.6. The molecule has 0 amide bonds. The van der Waals surface area contributed by atoms with Crippen LogP contribution in [0.5, 0.6) is 0 Å². The Labute approximate surface area is 102 Å². The van der Waals surface area contributed by atoms with Crippen LogP contribution in [0.1, 0.15) is 22.7 Å². The summed E-state index contributed by atoms with van der Waals surface area (Å²) in [5.41, 5.74) is 3.89. The standard InChI is InChI=1S/C14H19N3/c1-11-5-4-6-13(7-11)14(15-2)8-12-9-16-17(3)10-12/h4-7,9-10,14-15H,8H2,1-3H3. The first-order chi connectivity index (χ1) is 8.19. The molecule has 0 radical (unpaired) electrons. The monoisotopic (exact) mass is 229 g/mol. The van der Waals surface area contributed by atoms with Gasteiger partial charge in [0, 0.05) is 19.3 Å². The van der Waals surface area contributed by atoms with Crippen LogP contribution in [0.25, 0.3) is 0 Å².